The second kappa shape index (κ2) is 4.03. The fraction of sp³-hybridized carbons (Fsp3) is 0.462. The van der Waals surface area contributed by atoms with Crippen LogP contribution >= 0.6 is 0 Å². The van der Waals surface area contributed by atoms with Gasteiger partial charge in [0.1, 0.15) is 5.69 Å². The zero-order chi connectivity index (χ0) is 12.8. The van der Waals surface area contributed by atoms with Crippen LogP contribution in [0.4, 0.5) is 0 Å². The fourth-order valence-corrected chi connectivity index (χ4v) is 3.20. The van der Waals surface area contributed by atoms with Crippen molar-refractivity contribution in [1.82, 2.24) is 25.0 Å². The molecule has 6 nitrogen and oxygen atoms in total. The summed E-state index contributed by atoms with van der Waals surface area (Å²) < 4.78 is 1.81. The van der Waals surface area contributed by atoms with Crippen LogP contribution in [0.5, 0.6) is 0 Å². The molecule has 1 saturated heterocycles. The van der Waals surface area contributed by atoms with Crippen molar-refractivity contribution in [1.29, 1.82) is 0 Å². The summed E-state index contributed by atoms with van der Waals surface area (Å²) in [6.45, 7) is 1.09. The summed E-state index contributed by atoms with van der Waals surface area (Å²) in [5.41, 5.74) is 1.33. The van der Waals surface area contributed by atoms with Gasteiger partial charge in [0.25, 0.3) is 5.91 Å². The number of hydrogen-bond donors (Lipinski definition) is 2. The molecule has 0 spiro atoms. The minimum Gasteiger partial charge on any atom is -0.346 e. The number of nitrogens with zero attached hydrogens (tertiary/aromatic N) is 3. The zero-order valence-corrected chi connectivity index (χ0v) is 10.4. The molecule has 3 atom stereocenters. The normalized spacial score (nSPS) is 28.9. The van der Waals surface area contributed by atoms with E-state index in [2.05, 4.69) is 20.6 Å². The molecule has 1 amide bonds. The van der Waals surface area contributed by atoms with E-state index in [0.29, 0.717) is 11.7 Å². The van der Waals surface area contributed by atoms with E-state index in [1.165, 1.54) is 6.42 Å². The number of amides is 1. The molecular formula is C13H15N5O. The molecule has 3 heterocycles. The van der Waals surface area contributed by atoms with Crippen molar-refractivity contribution in [2.75, 3.05) is 6.54 Å². The zero-order valence-electron chi connectivity index (χ0n) is 10.4. The molecule has 2 aromatic rings. The Morgan fingerprint density at radius 3 is 3.16 bits per heavy atom. The van der Waals surface area contributed by atoms with Crippen LogP contribution in [-0.4, -0.2) is 38.9 Å². The maximum absolute atomic E-state index is 12.2. The van der Waals surface area contributed by atoms with Crippen molar-refractivity contribution in [3.63, 3.8) is 0 Å². The van der Waals surface area contributed by atoms with Crippen molar-refractivity contribution in [3.8, 4) is 0 Å². The predicted molar refractivity (Wildman–Crippen MR) is 68.8 cm³/mol. The van der Waals surface area contributed by atoms with Crippen LogP contribution in [0.15, 0.2) is 24.9 Å². The Bertz CT molecular complexity index is 637. The highest BCUT2D eigenvalue weighted by atomic mass is 16.2. The molecule has 2 fully saturated rings. The maximum atomic E-state index is 12.2. The molecule has 2 N–H and O–H groups in total. The number of imidazole rings is 1. The lowest BCUT2D eigenvalue weighted by atomic mass is 10.1. The van der Waals surface area contributed by atoms with E-state index in [-0.39, 0.29) is 11.9 Å². The summed E-state index contributed by atoms with van der Waals surface area (Å²) in [6.07, 6.45) is 9.04. The molecule has 0 aromatic carbocycles. The SMILES string of the molecule is O=C(N[C@@H]1C[C@H]2CN[C@H]1C2)c1cn2cncc2cn1. The van der Waals surface area contributed by atoms with Crippen LogP contribution in [-0.2, 0) is 0 Å². The Labute approximate surface area is 110 Å². The van der Waals surface area contributed by atoms with Gasteiger partial charge in [-0.15, -0.1) is 0 Å². The van der Waals surface area contributed by atoms with E-state index >= 15 is 0 Å². The van der Waals surface area contributed by atoms with Crippen molar-refractivity contribution >= 4 is 11.4 Å². The van der Waals surface area contributed by atoms with Crippen molar-refractivity contribution in [2.45, 2.75) is 24.9 Å². The summed E-state index contributed by atoms with van der Waals surface area (Å²) in [4.78, 5) is 20.4. The van der Waals surface area contributed by atoms with Crippen LogP contribution in [0.1, 0.15) is 23.3 Å². The van der Waals surface area contributed by atoms with E-state index in [0.717, 1.165) is 24.4 Å². The fourth-order valence-electron chi connectivity index (χ4n) is 3.20. The first kappa shape index (κ1) is 10.9. The third-order valence-electron chi connectivity index (χ3n) is 4.17. The largest absolute Gasteiger partial charge is 0.346 e. The van der Waals surface area contributed by atoms with E-state index in [1.807, 2.05) is 0 Å². The van der Waals surface area contributed by atoms with Gasteiger partial charge in [-0.1, -0.05) is 0 Å². The van der Waals surface area contributed by atoms with Crippen LogP contribution in [0, 0.1) is 5.92 Å². The quantitative estimate of drug-likeness (QED) is 0.807. The third-order valence-corrected chi connectivity index (χ3v) is 4.17. The number of rotatable bonds is 2. The molecule has 98 valence electrons. The molecule has 6 heteroatoms. The molecule has 1 aliphatic carbocycles. The second-order valence-corrected chi connectivity index (χ2v) is 5.43. The minimum absolute atomic E-state index is 0.102. The van der Waals surface area contributed by atoms with Crippen LogP contribution in [0.2, 0.25) is 0 Å². The molecule has 2 aliphatic rings. The number of carbonyl (C=O) groups is 1. The Balaban J connectivity index is 1.53. The van der Waals surface area contributed by atoms with Crippen molar-refractivity contribution in [3.05, 3.63) is 30.6 Å². The van der Waals surface area contributed by atoms with Gasteiger partial charge in [0.2, 0.25) is 0 Å². The molecule has 1 aliphatic heterocycles. The number of nitrogens with one attached hydrogen (secondary N) is 2. The summed E-state index contributed by atoms with van der Waals surface area (Å²) in [5, 5.41) is 6.52. The Morgan fingerprint density at radius 2 is 2.37 bits per heavy atom. The van der Waals surface area contributed by atoms with Gasteiger partial charge < -0.3 is 15.0 Å². The van der Waals surface area contributed by atoms with Gasteiger partial charge in [-0.3, -0.25) is 4.79 Å². The minimum atomic E-state index is -0.102. The standard InChI is InChI=1S/C13H15N5O/c19-13(17-11-2-8-1-10(11)15-3-8)12-6-18-7-14-4-9(18)5-16-12/h4-8,10-11,15H,1-3H2,(H,17,19)/t8-,10-,11+/m0/s1. The average molecular weight is 257 g/mol. The monoisotopic (exact) mass is 257 g/mol. The molecule has 4 rings (SSSR count). The van der Waals surface area contributed by atoms with Crippen LogP contribution in [0.3, 0.4) is 0 Å². The van der Waals surface area contributed by atoms with Gasteiger partial charge >= 0.3 is 0 Å². The number of fused-ring (bicyclic) bond motifs is 3. The van der Waals surface area contributed by atoms with E-state index in [4.69, 9.17) is 0 Å². The predicted octanol–water partition coefficient (Wildman–Crippen LogP) is 0.209. The first-order valence-corrected chi connectivity index (χ1v) is 6.61. The Kier molecular flexibility index (Phi) is 2.32. The summed E-state index contributed by atoms with van der Waals surface area (Å²) >= 11 is 0. The lowest BCUT2D eigenvalue weighted by molar-refractivity contribution is 0.0923. The van der Waals surface area contributed by atoms with Gasteiger partial charge in [0, 0.05) is 18.3 Å². The lowest BCUT2D eigenvalue weighted by Gasteiger charge is -2.23. The number of aromatic nitrogens is 3. The first-order chi connectivity index (χ1) is 9.29. The molecular weight excluding hydrogens is 242 g/mol. The molecule has 0 radical (unpaired) electrons. The van der Waals surface area contributed by atoms with Gasteiger partial charge in [-0.2, -0.15) is 0 Å². The van der Waals surface area contributed by atoms with Crippen LogP contribution < -0.4 is 10.6 Å². The van der Waals surface area contributed by atoms with E-state index in [1.54, 1.807) is 29.3 Å². The molecule has 2 aromatic heterocycles. The highest BCUT2D eigenvalue weighted by molar-refractivity contribution is 5.92. The molecule has 2 bridgehead atoms. The van der Waals surface area contributed by atoms with Crippen molar-refractivity contribution < 1.29 is 4.79 Å². The average Bonchev–Trinajstić information content (AvgIpc) is 3.13. The van der Waals surface area contributed by atoms with Gasteiger partial charge in [0.05, 0.1) is 24.2 Å². The lowest BCUT2D eigenvalue weighted by Crippen LogP contribution is -2.48. The second-order valence-electron chi connectivity index (χ2n) is 5.43. The highest BCUT2D eigenvalue weighted by Crippen LogP contribution is 2.31. The van der Waals surface area contributed by atoms with Gasteiger partial charge in [-0.25, -0.2) is 9.97 Å². The van der Waals surface area contributed by atoms with Crippen molar-refractivity contribution in [2.24, 2.45) is 5.92 Å². The number of piperidine rings is 1. The van der Waals surface area contributed by atoms with E-state index < -0.39 is 0 Å². The maximum Gasteiger partial charge on any atom is 0.271 e. The Hall–Kier alpha value is -1.95. The highest BCUT2D eigenvalue weighted by Gasteiger charge is 2.40. The molecule has 19 heavy (non-hydrogen) atoms. The van der Waals surface area contributed by atoms with Gasteiger partial charge in [-0.05, 0) is 25.3 Å². The summed E-state index contributed by atoms with van der Waals surface area (Å²) in [5.74, 6) is 0.620. The smallest absolute Gasteiger partial charge is 0.271 e. The van der Waals surface area contributed by atoms with E-state index in [9.17, 15) is 4.79 Å². The van der Waals surface area contributed by atoms with Gasteiger partial charge in [0.15, 0.2) is 0 Å². The number of hydrogen-bond acceptors (Lipinski definition) is 4. The topological polar surface area (TPSA) is 71.3 Å². The first-order valence-electron chi connectivity index (χ1n) is 6.61. The van der Waals surface area contributed by atoms with Crippen LogP contribution in [0.25, 0.3) is 5.52 Å². The molecule has 0 unspecified atom stereocenters. The summed E-state index contributed by atoms with van der Waals surface area (Å²) in [7, 11) is 0. The number of carbonyl (C=O) groups excluding carboxylic acids is 1. The summed E-state index contributed by atoms with van der Waals surface area (Å²) in [6, 6.07) is 0.678. The third kappa shape index (κ3) is 1.79. The Morgan fingerprint density at radius 1 is 1.42 bits per heavy atom. The molecule has 1 saturated carbocycles.